The molecule has 2 aromatic heterocycles. The van der Waals surface area contributed by atoms with Gasteiger partial charge in [0.15, 0.2) is 0 Å². The molecule has 0 saturated heterocycles. The molecule has 0 amide bonds. The highest BCUT2D eigenvalue weighted by molar-refractivity contribution is 6.33. The van der Waals surface area contributed by atoms with Crippen LogP contribution in [0.4, 0.5) is 0 Å². The van der Waals surface area contributed by atoms with Crippen LogP contribution in [0.3, 0.4) is 0 Å². The van der Waals surface area contributed by atoms with Crippen LogP contribution in [-0.4, -0.2) is 14.8 Å². The Balaban J connectivity index is 2.07. The minimum atomic E-state index is -0.211. The lowest BCUT2D eigenvalue weighted by Gasteiger charge is -2.08. The highest BCUT2D eigenvalue weighted by Gasteiger charge is 2.12. The molecule has 0 aliphatic carbocycles. The number of hydrogen-bond donors (Lipinski definition) is 0. The minimum absolute atomic E-state index is 0.211. The number of halogens is 1. The van der Waals surface area contributed by atoms with E-state index in [0.29, 0.717) is 17.1 Å². The van der Waals surface area contributed by atoms with E-state index in [0.717, 1.165) is 11.1 Å². The second-order valence-electron chi connectivity index (χ2n) is 4.55. The second kappa shape index (κ2) is 5.89. The normalized spacial score (nSPS) is 10.5. The van der Waals surface area contributed by atoms with Crippen molar-refractivity contribution in [1.29, 1.82) is 0 Å². The molecule has 0 radical (unpaired) electrons. The molecule has 5 heteroatoms. The molecular formula is C16H12ClN3O. The summed E-state index contributed by atoms with van der Waals surface area (Å²) in [6, 6.07) is 13.2. The number of rotatable bonds is 3. The average Bonchev–Trinajstić information content (AvgIpc) is 2.52. The van der Waals surface area contributed by atoms with Crippen molar-refractivity contribution in [3.05, 3.63) is 82.0 Å². The van der Waals surface area contributed by atoms with E-state index in [1.54, 1.807) is 24.5 Å². The second-order valence-corrected chi connectivity index (χ2v) is 4.96. The van der Waals surface area contributed by atoms with Crippen molar-refractivity contribution >= 4 is 11.6 Å². The van der Waals surface area contributed by atoms with Crippen molar-refractivity contribution < 1.29 is 0 Å². The zero-order valence-electron chi connectivity index (χ0n) is 11.1. The van der Waals surface area contributed by atoms with E-state index in [1.165, 1.54) is 10.9 Å². The summed E-state index contributed by atoms with van der Waals surface area (Å²) in [5.74, 6) is 0. The molecule has 0 saturated carbocycles. The predicted molar refractivity (Wildman–Crippen MR) is 82.3 cm³/mol. The van der Waals surface area contributed by atoms with Gasteiger partial charge in [0.2, 0.25) is 0 Å². The van der Waals surface area contributed by atoms with Gasteiger partial charge in [-0.15, -0.1) is 0 Å². The summed E-state index contributed by atoms with van der Waals surface area (Å²) in [6.07, 6.45) is 4.77. The molecule has 0 spiro atoms. The summed E-state index contributed by atoms with van der Waals surface area (Å²) in [5, 5.41) is 4.46. The quantitative estimate of drug-likeness (QED) is 0.746. The fourth-order valence-corrected chi connectivity index (χ4v) is 2.35. The highest BCUT2D eigenvalue weighted by Crippen LogP contribution is 2.22. The molecule has 0 fully saturated rings. The van der Waals surface area contributed by atoms with Crippen LogP contribution in [0, 0.1) is 0 Å². The highest BCUT2D eigenvalue weighted by atomic mass is 35.5. The Morgan fingerprint density at radius 3 is 2.48 bits per heavy atom. The van der Waals surface area contributed by atoms with Gasteiger partial charge in [0, 0.05) is 12.4 Å². The molecule has 0 atom stereocenters. The average molecular weight is 298 g/mol. The summed E-state index contributed by atoms with van der Waals surface area (Å²) in [6.45, 7) is 0.412. The van der Waals surface area contributed by atoms with Crippen LogP contribution >= 0.6 is 11.6 Å². The maximum atomic E-state index is 12.6. The molecule has 1 aromatic carbocycles. The molecule has 0 unspecified atom stereocenters. The van der Waals surface area contributed by atoms with Gasteiger partial charge in [0.25, 0.3) is 5.56 Å². The van der Waals surface area contributed by atoms with Crippen molar-refractivity contribution in [3.8, 4) is 11.1 Å². The van der Waals surface area contributed by atoms with E-state index < -0.39 is 0 Å². The Morgan fingerprint density at radius 1 is 1.05 bits per heavy atom. The maximum absolute atomic E-state index is 12.6. The largest absolute Gasteiger partial charge is 0.276 e. The van der Waals surface area contributed by atoms with Crippen LogP contribution in [-0.2, 0) is 6.54 Å². The molecule has 21 heavy (non-hydrogen) atoms. The lowest BCUT2D eigenvalue weighted by Crippen LogP contribution is -2.25. The number of nitrogens with zero attached hydrogens (tertiary/aromatic N) is 3. The van der Waals surface area contributed by atoms with Crippen LogP contribution in [0.5, 0.6) is 0 Å². The molecule has 0 bridgehead atoms. The zero-order valence-corrected chi connectivity index (χ0v) is 11.9. The standard InChI is InChI=1S/C16H12ClN3O/c17-14-10-19-20(11-12-4-2-1-3-5-12)16(21)15(14)13-6-8-18-9-7-13/h1-10H,11H2. The fraction of sp³-hybridized carbons (Fsp3) is 0.0625. The first-order valence-electron chi connectivity index (χ1n) is 6.45. The van der Waals surface area contributed by atoms with Crippen LogP contribution in [0.1, 0.15) is 5.56 Å². The molecule has 4 nitrogen and oxygen atoms in total. The van der Waals surface area contributed by atoms with Crippen LogP contribution < -0.4 is 5.56 Å². The Kier molecular flexibility index (Phi) is 3.79. The summed E-state index contributed by atoms with van der Waals surface area (Å²) < 4.78 is 1.41. The summed E-state index contributed by atoms with van der Waals surface area (Å²) in [4.78, 5) is 16.5. The van der Waals surface area contributed by atoms with Crippen molar-refractivity contribution in [2.45, 2.75) is 6.54 Å². The molecule has 2 heterocycles. The summed E-state index contributed by atoms with van der Waals surface area (Å²) >= 11 is 6.14. The van der Waals surface area contributed by atoms with Gasteiger partial charge in [-0.25, -0.2) is 4.68 Å². The number of hydrogen-bond acceptors (Lipinski definition) is 3. The minimum Gasteiger partial charge on any atom is -0.267 e. The van der Waals surface area contributed by atoms with Gasteiger partial charge < -0.3 is 0 Å². The number of pyridine rings is 1. The Morgan fingerprint density at radius 2 is 1.76 bits per heavy atom. The monoisotopic (exact) mass is 297 g/mol. The van der Waals surface area contributed by atoms with Crippen molar-refractivity contribution in [1.82, 2.24) is 14.8 Å². The lowest BCUT2D eigenvalue weighted by molar-refractivity contribution is 0.641. The lowest BCUT2D eigenvalue weighted by atomic mass is 10.1. The van der Waals surface area contributed by atoms with Crippen molar-refractivity contribution in [2.24, 2.45) is 0 Å². The molecule has 0 aliphatic heterocycles. The smallest absolute Gasteiger partial charge is 0.267 e. The third-order valence-corrected chi connectivity index (χ3v) is 3.43. The molecule has 0 aliphatic rings. The summed E-state index contributed by atoms with van der Waals surface area (Å²) in [5.41, 5.74) is 1.99. The first-order valence-corrected chi connectivity index (χ1v) is 6.83. The Bertz CT molecular complexity index is 801. The zero-order chi connectivity index (χ0) is 14.7. The SMILES string of the molecule is O=c1c(-c2ccncc2)c(Cl)cnn1Cc1ccccc1. The summed E-state index contributed by atoms with van der Waals surface area (Å²) in [7, 11) is 0. The number of benzene rings is 1. The molecular weight excluding hydrogens is 286 g/mol. The van der Waals surface area contributed by atoms with E-state index in [-0.39, 0.29) is 5.56 Å². The first-order chi connectivity index (χ1) is 10.3. The van der Waals surface area contributed by atoms with Crippen LogP contribution in [0.25, 0.3) is 11.1 Å². The molecule has 3 rings (SSSR count). The van der Waals surface area contributed by atoms with Crippen molar-refractivity contribution in [2.75, 3.05) is 0 Å². The molecule has 104 valence electrons. The number of aromatic nitrogens is 3. The van der Waals surface area contributed by atoms with Gasteiger partial charge in [-0.1, -0.05) is 41.9 Å². The Labute approximate surface area is 126 Å². The van der Waals surface area contributed by atoms with Gasteiger partial charge in [-0.2, -0.15) is 5.10 Å². The van der Waals surface area contributed by atoms with E-state index in [2.05, 4.69) is 10.1 Å². The van der Waals surface area contributed by atoms with Gasteiger partial charge in [0.05, 0.1) is 23.3 Å². The van der Waals surface area contributed by atoms with Crippen LogP contribution in [0.15, 0.2) is 65.8 Å². The maximum Gasteiger partial charge on any atom is 0.276 e. The molecule has 3 aromatic rings. The Hall–Kier alpha value is -2.46. The van der Waals surface area contributed by atoms with Gasteiger partial charge in [-0.3, -0.25) is 9.78 Å². The predicted octanol–water partition coefficient (Wildman–Crippen LogP) is 3.01. The topological polar surface area (TPSA) is 47.8 Å². The fourth-order valence-electron chi connectivity index (χ4n) is 2.12. The van der Waals surface area contributed by atoms with E-state index in [4.69, 9.17) is 11.6 Å². The van der Waals surface area contributed by atoms with Crippen LogP contribution in [0.2, 0.25) is 5.02 Å². The van der Waals surface area contributed by atoms with Gasteiger partial charge in [0.1, 0.15) is 0 Å². The first kappa shape index (κ1) is 13.5. The van der Waals surface area contributed by atoms with E-state index >= 15 is 0 Å². The van der Waals surface area contributed by atoms with Gasteiger partial charge >= 0.3 is 0 Å². The van der Waals surface area contributed by atoms with E-state index in [1.807, 2.05) is 30.3 Å². The van der Waals surface area contributed by atoms with Gasteiger partial charge in [-0.05, 0) is 23.3 Å². The van der Waals surface area contributed by atoms with Crippen molar-refractivity contribution in [3.63, 3.8) is 0 Å². The van der Waals surface area contributed by atoms with E-state index in [9.17, 15) is 4.79 Å². The third-order valence-electron chi connectivity index (χ3n) is 3.14. The molecule has 0 N–H and O–H groups in total. The third kappa shape index (κ3) is 2.85.